The number of nitrogens with zero attached hydrogens (tertiary/aromatic N) is 3. The van der Waals surface area contributed by atoms with Crippen LogP contribution in [0.5, 0.6) is 5.75 Å². The highest BCUT2D eigenvalue weighted by Crippen LogP contribution is 2.46. The second kappa shape index (κ2) is 10.2. The van der Waals surface area contributed by atoms with E-state index in [9.17, 15) is 40.3 Å². The molecule has 1 N–H and O–H groups in total. The Kier molecular flexibility index (Phi) is 7.67. The van der Waals surface area contributed by atoms with Crippen LogP contribution in [0, 0.1) is 5.82 Å². The number of rotatable bonds is 6. The highest BCUT2D eigenvalue weighted by atomic mass is 19.4. The van der Waals surface area contributed by atoms with E-state index < -0.39 is 52.9 Å². The number of hydrogen-bond acceptors (Lipinski definition) is 4. The van der Waals surface area contributed by atoms with Gasteiger partial charge in [-0.3, -0.25) is 9.80 Å². The first-order chi connectivity index (χ1) is 16.7. The molecule has 3 amide bonds. The molecule has 0 aliphatic carbocycles. The van der Waals surface area contributed by atoms with E-state index >= 15 is 0 Å². The number of carbonyl (C=O) groups excluding carboxylic acids is 2. The molecule has 1 aliphatic heterocycles. The summed E-state index contributed by atoms with van der Waals surface area (Å²) in [6, 6.07) is 3.61. The lowest BCUT2D eigenvalue weighted by Crippen LogP contribution is -2.36. The van der Waals surface area contributed by atoms with Crippen LogP contribution in [0.1, 0.15) is 11.1 Å². The van der Waals surface area contributed by atoms with Gasteiger partial charge in [0.2, 0.25) is 0 Å². The molecule has 7 nitrogen and oxygen atoms in total. The van der Waals surface area contributed by atoms with Crippen molar-refractivity contribution in [2.75, 3.05) is 50.1 Å². The number of likely N-dealkylation sites (N-methyl/N-ethyl adjacent to an activating group) is 1. The van der Waals surface area contributed by atoms with Crippen molar-refractivity contribution in [3.63, 3.8) is 0 Å². The van der Waals surface area contributed by atoms with Crippen LogP contribution in [0.25, 0.3) is 0 Å². The molecule has 2 aromatic rings. The predicted octanol–water partition coefficient (Wildman–Crippen LogP) is 4.96. The van der Waals surface area contributed by atoms with Gasteiger partial charge in [-0.2, -0.15) is 26.3 Å². The molecule has 196 valence electrons. The first-order valence-corrected chi connectivity index (χ1v) is 10.5. The minimum atomic E-state index is -5.37. The Morgan fingerprint density at radius 1 is 1.06 bits per heavy atom. The number of alkyl halides is 6. The van der Waals surface area contributed by atoms with Crippen LogP contribution in [0.15, 0.2) is 36.4 Å². The van der Waals surface area contributed by atoms with Crippen molar-refractivity contribution in [2.45, 2.75) is 12.4 Å². The maximum Gasteiger partial charge on any atom is 0.420 e. The molecule has 0 unspecified atom stereocenters. The van der Waals surface area contributed by atoms with Gasteiger partial charge >= 0.3 is 24.5 Å². The van der Waals surface area contributed by atoms with Gasteiger partial charge in [-0.15, -0.1) is 0 Å². The van der Waals surface area contributed by atoms with Gasteiger partial charge < -0.3 is 15.0 Å². The largest absolute Gasteiger partial charge is 0.420 e. The lowest BCUT2D eigenvalue weighted by atomic mass is 10.1. The third-order valence-electron chi connectivity index (χ3n) is 5.40. The zero-order valence-electron chi connectivity index (χ0n) is 19.0. The number of urea groups is 1. The fraction of sp³-hybridized carbons (Fsp3) is 0.364. The van der Waals surface area contributed by atoms with Crippen molar-refractivity contribution >= 4 is 23.5 Å². The maximum absolute atomic E-state index is 13.9. The van der Waals surface area contributed by atoms with Gasteiger partial charge in [-0.05, 0) is 43.4 Å². The van der Waals surface area contributed by atoms with Gasteiger partial charge in [0.25, 0.3) is 0 Å². The van der Waals surface area contributed by atoms with Gasteiger partial charge in [0.05, 0.1) is 11.3 Å². The third kappa shape index (κ3) is 5.80. The average Bonchev–Trinajstić information content (AvgIpc) is 3.16. The van der Waals surface area contributed by atoms with Crippen LogP contribution in [0.3, 0.4) is 0 Å². The van der Waals surface area contributed by atoms with Crippen molar-refractivity contribution in [1.29, 1.82) is 0 Å². The molecule has 1 saturated heterocycles. The van der Waals surface area contributed by atoms with Crippen LogP contribution in [-0.2, 0) is 12.4 Å². The van der Waals surface area contributed by atoms with Crippen LogP contribution in [0.2, 0.25) is 0 Å². The Hall–Kier alpha value is -3.55. The van der Waals surface area contributed by atoms with E-state index in [1.54, 1.807) is 7.05 Å². The standard InChI is InChI=1S/C22H21F7N4O3/c1-30-7-8-32-9-10-33(19(32)34)17-12-13(21(24,25)26)11-16(22(27,28)29)18(17)36-20(35)31(2)15-5-3-14(23)4-6-15/h3-6,11-12,30H,7-10H2,1-2H3. The Balaban J connectivity index is 2.10. The summed E-state index contributed by atoms with van der Waals surface area (Å²) in [6.45, 7) is 0.278. The summed E-state index contributed by atoms with van der Waals surface area (Å²) in [6.07, 6.45) is -11.9. The van der Waals surface area contributed by atoms with E-state index in [-0.39, 0.29) is 31.4 Å². The van der Waals surface area contributed by atoms with Crippen molar-refractivity contribution in [2.24, 2.45) is 0 Å². The molecule has 0 bridgehead atoms. The first-order valence-electron chi connectivity index (χ1n) is 10.5. The lowest BCUT2D eigenvalue weighted by Gasteiger charge is -2.26. The van der Waals surface area contributed by atoms with Crippen LogP contribution in [-0.4, -0.2) is 57.3 Å². The van der Waals surface area contributed by atoms with Crippen LogP contribution < -0.4 is 19.9 Å². The van der Waals surface area contributed by atoms with Crippen LogP contribution in [0.4, 0.5) is 51.7 Å². The number of benzene rings is 2. The SMILES string of the molecule is CNCCN1CCN(c2cc(C(F)(F)F)cc(C(F)(F)F)c2OC(=O)N(C)c2ccc(F)cc2)C1=O. The number of carbonyl (C=O) groups is 2. The molecule has 36 heavy (non-hydrogen) atoms. The smallest absolute Gasteiger partial charge is 0.407 e. The molecule has 0 atom stereocenters. The fourth-order valence-corrected chi connectivity index (χ4v) is 3.48. The number of amides is 3. The summed E-state index contributed by atoms with van der Waals surface area (Å²) < 4.78 is 100. The van der Waals surface area contributed by atoms with Gasteiger partial charge in [0.1, 0.15) is 11.4 Å². The monoisotopic (exact) mass is 522 g/mol. The van der Waals surface area contributed by atoms with Crippen LogP contribution >= 0.6 is 0 Å². The lowest BCUT2D eigenvalue weighted by molar-refractivity contribution is -0.143. The highest BCUT2D eigenvalue weighted by molar-refractivity contribution is 5.97. The number of hydrogen-bond donors (Lipinski definition) is 1. The summed E-state index contributed by atoms with van der Waals surface area (Å²) in [4.78, 5) is 28.2. The minimum Gasteiger partial charge on any atom is -0.407 e. The van der Waals surface area contributed by atoms with Gasteiger partial charge in [0.15, 0.2) is 5.75 Å². The van der Waals surface area contributed by atoms with Crippen molar-refractivity contribution in [1.82, 2.24) is 10.2 Å². The van der Waals surface area contributed by atoms with Crippen molar-refractivity contribution < 1.29 is 45.1 Å². The van der Waals surface area contributed by atoms with Crippen molar-refractivity contribution in [3.8, 4) is 5.75 Å². The molecule has 0 saturated carbocycles. The summed E-state index contributed by atoms with van der Waals surface area (Å²) in [5.41, 5.74) is -4.36. The number of anilines is 2. The molecular formula is C22H21F7N4O3. The molecule has 0 radical (unpaired) electrons. The van der Waals surface area contributed by atoms with E-state index in [2.05, 4.69) is 5.32 Å². The summed E-state index contributed by atoms with van der Waals surface area (Å²) in [5.74, 6) is -1.89. The number of nitrogens with one attached hydrogen (secondary N) is 1. The summed E-state index contributed by atoms with van der Waals surface area (Å²) in [7, 11) is 2.73. The summed E-state index contributed by atoms with van der Waals surface area (Å²) in [5, 5.41) is 2.79. The molecule has 1 aliphatic rings. The minimum absolute atomic E-state index is 0.0287. The molecule has 1 fully saturated rings. The van der Waals surface area contributed by atoms with E-state index in [0.717, 1.165) is 36.2 Å². The zero-order chi connectivity index (χ0) is 26.8. The molecule has 0 spiro atoms. The van der Waals surface area contributed by atoms with E-state index in [1.807, 2.05) is 0 Å². The Bertz CT molecular complexity index is 1120. The van der Waals surface area contributed by atoms with Gasteiger partial charge in [-0.25, -0.2) is 14.0 Å². The Morgan fingerprint density at radius 2 is 1.69 bits per heavy atom. The number of ether oxygens (including phenoxy) is 1. The zero-order valence-corrected chi connectivity index (χ0v) is 19.0. The van der Waals surface area contributed by atoms with E-state index in [4.69, 9.17) is 4.74 Å². The third-order valence-corrected chi connectivity index (χ3v) is 5.40. The molecule has 0 aromatic heterocycles. The predicted molar refractivity (Wildman–Crippen MR) is 116 cm³/mol. The molecule has 2 aromatic carbocycles. The van der Waals surface area contributed by atoms with E-state index in [1.165, 1.54) is 4.90 Å². The molecule has 1 heterocycles. The second-order valence-corrected chi connectivity index (χ2v) is 7.80. The highest BCUT2D eigenvalue weighted by Gasteiger charge is 2.44. The number of halogens is 7. The molecule has 14 heteroatoms. The fourth-order valence-electron chi connectivity index (χ4n) is 3.48. The van der Waals surface area contributed by atoms with Crippen molar-refractivity contribution in [3.05, 3.63) is 53.3 Å². The maximum atomic E-state index is 13.9. The molecular weight excluding hydrogens is 501 g/mol. The Labute approximate surface area is 201 Å². The molecule has 3 rings (SSSR count). The second-order valence-electron chi connectivity index (χ2n) is 7.80. The average molecular weight is 522 g/mol. The topological polar surface area (TPSA) is 65.1 Å². The van der Waals surface area contributed by atoms with Gasteiger partial charge in [-0.1, -0.05) is 0 Å². The van der Waals surface area contributed by atoms with Gasteiger partial charge in [0, 0.05) is 38.9 Å². The van der Waals surface area contributed by atoms with E-state index in [0.29, 0.717) is 17.5 Å². The summed E-state index contributed by atoms with van der Waals surface area (Å²) >= 11 is 0. The first kappa shape index (κ1) is 27.0. The normalized spacial score (nSPS) is 14.4. The Morgan fingerprint density at radius 3 is 2.25 bits per heavy atom. The quantitative estimate of drug-likeness (QED) is 0.545.